The molecule has 0 radical (unpaired) electrons. The zero-order valence-electron chi connectivity index (χ0n) is 7.37. The first-order valence-electron chi connectivity index (χ1n) is 3.88. The van der Waals surface area contributed by atoms with Crippen LogP contribution < -0.4 is 5.32 Å². The van der Waals surface area contributed by atoms with Crippen molar-refractivity contribution in [2.45, 2.75) is 26.0 Å². The van der Waals surface area contributed by atoms with Gasteiger partial charge in [-0.2, -0.15) is 0 Å². The molecule has 0 amide bonds. The molecule has 0 spiro atoms. The average Bonchev–Trinajstić information content (AvgIpc) is 2.36. The van der Waals surface area contributed by atoms with E-state index in [2.05, 4.69) is 10.3 Å². The average molecular weight is 186 g/mol. The Kier molecular flexibility index (Phi) is 3.20. The van der Waals surface area contributed by atoms with Gasteiger partial charge in [0.05, 0.1) is 16.8 Å². The lowest BCUT2D eigenvalue weighted by molar-refractivity contribution is 0.0794. The standard InChI is InChI=1S/C8H14N2OS/c1-8(2,11)5-9-3-7-4-12-6-10-7/h4,6,9,11H,3,5H2,1-2H3. The van der Waals surface area contributed by atoms with Gasteiger partial charge in [0.2, 0.25) is 0 Å². The summed E-state index contributed by atoms with van der Waals surface area (Å²) in [6.07, 6.45) is 0. The van der Waals surface area contributed by atoms with Gasteiger partial charge in [0, 0.05) is 18.5 Å². The second-order valence-electron chi connectivity index (χ2n) is 3.40. The van der Waals surface area contributed by atoms with Gasteiger partial charge in [-0.15, -0.1) is 11.3 Å². The number of nitrogens with zero attached hydrogens (tertiary/aromatic N) is 1. The third-order valence-electron chi connectivity index (χ3n) is 1.35. The molecule has 0 saturated carbocycles. The molecule has 0 atom stereocenters. The van der Waals surface area contributed by atoms with Crippen LogP contribution in [-0.4, -0.2) is 22.2 Å². The maximum atomic E-state index is 9.37. The monoisotopic (exact) mass is 186 g/mol. The molecule has 1 aromatic rings. The maximum absolute atomic E-state index is 9.37. The Morgan fingerprint density at radius 1 is 1.67 bits per heavy atom. The van der Waals surface area contributed by atoms with Gasteiger partial charge in [0.1, 0.15) is 0 Å². The van der Waals surface area contributed by atoms with Crippen molar-refractivity contribution in [3.05, 3.63) is 16.6 Å². The molecular weight excluding hydrogens is 172 g/mol. The summed E-state index contributed by atoms with van der Waals surface area (Å²) in [4.78, 5) is 4.11. The molecule has 0 saturated heterocycles. The minimum Gasteiger partial charge on any atom is -0.389 e. The van der Waals surface area contributed by atoms with E-state index >= 15 is 0 Å². The summed E-state index contributed by atoms with van der Waals surface area (Å²) in [5, 5.41) is 14.5. The van der Waals surface area contributed by atoms with Gasteiger partial charge in [0.25, 0.3) is 0 Å². The third-order valence-corrected chi connectivity index (χ3v) is 1.98. The fourth-order valence-corrected chi connectivity index (χ4v) is 1.38. The summed E-state index contributed by atoms with van der Waals surface area (Å²) >= 11 is 1.58. The van der Waals surface area contributed by atoms with Crippen LogP contribution in [0.2, 0.25) is 0 Å². The van der Waals surface area contributed by atoms with Crippen LogP contribution in [-0.2, 0) is 6.54 Å². The van der Waals surface area contributed by atoms with Gasteiger partial charge in [-0.05, 0) is 13.8 Å². The number of hydrogen-bond donors (Lipinski definition) is 2. The highest BCUT2D eigenvalue weighted by Crippen LogP contribution is 2.01. The minimum absolute atomic E-state index is 0.588. The Labute approximate surface area is 76.5 Å². The summed E-state index contributed by atoms with van der Waals surface area (Å²) in [6, 6.07) is 0. The Bertz CT molecular complexity index is 215. The Hall–Kier alpha value is -0.450. The van der Waals surface area contributed by atoms with Crippen LogP contribution >= 0.6 is 11.3 Å². The quantitative estimate of drug-likeness (QED) is 0.737. The predicted octanol–water partition coefficient (Wildman–Crippen LogP) is 1.00. The van der Waals surface area contributed by atoms with Crippen LogP contribution in [0, 0.1) is 0 Å². The van der Waals surface area contributed by atoms with Crippen LogP contribution in [0.5, 0.6) is 0 Å². The second kappa shape index (κ2) is 3.98. The number of thiazole rings is 1. The molecule has 2 N–H and O–H groups in total. The zero-order chi connectivity index (χ0) is 9.03. The maximum Gasteiger partial charge on any atom is 0.0795 e. The molecule has 0 aliphatic rings. The molecule has 0 unspecified atom stereocenters. The smallest absolute Gasteiger partial charge is 0.0795 e. The largest absolute Gasteiger partial charge is 0.389 e. The Morgan fingerprint density at radius 3 is 2.92 bits per heavy atom. The van der Waals surface area contributed by atoms with Gasteiger partial charge >= 0.3 is 0 Å². The van der Waals surface area contributed by atoms with Gasteiger partial charge in [0.15, 0.2) is 0 Å². The van der Waals surface area contributed by atoms with E-state index < -0.39 is 5.60 Å². The van der Waals surface area contributed by atoms with E-state index in [1.54, 1.807) is 30.7 Å². The number of aromatic nitrogens is 1. The van der Waals surface area contributed by atoms with E-state index in [0.29, 0.717) is 6.54 Å². The first-order chi connectivity index (χ1) is 5.58. The zero-order valence-corrected chi connectivity index (χ0v) is 8.19. The molecule has 12 heavy (non-hydrogen) atoms. The fourth-order valence-electron chi connectivity index (χ4n) is 0.821. The van der Waals surface area contributed by atoms with E-state index in [-0.39, 0.29) is 0 Å². The molecule has 0 fully saturated rings. The molecule has 68 valence electrons. The van der Waals surface area contributed by atoms with Crippen LogP contribution in [0.25, 0.3) is 0 Å². The molecule has 1 heterocycles. The van der Waals surface area contributed by atoms with Gasteiger partial charge in [-0.3, -0.25) is 0 Å². The lowest BCUT2D eigenvalue weighted by Crippen LogP contribution is -2.34. The molecule has 1 rings (SSSR count). The van der Waals surface area contributed by atoms with Crippen molar-refractivity contribution in [1.29, 1.82) is 0 Å². The summed E-state index contributed by atoms with van der Waals surface area (Å²) < 4.78 is 0. The molecule has 0 aliphatic carbocycles. The van der Waals surface area contributed by atoms with E-state index in [4.69, 9.17) is 0 Å². The third kappa shape index (κ3) is 3.80. The predicted molar refractivity (Wildman–Crippen MR) is 50.1 cm³/mol. The van der Waals surface area contributed by atoms with E-state index in [9.17, 15) is 5.11 Å². The minimum atomic E-state index is -0.643. The van der Waals surface area contributed by atoms with Crippen LogP contribution in [0.15, 0.2) is 10.9 Å². The molecule has 0 bridgehead atoms. The normalized spacial score (nSPS) is 11.9. The van der Waals surface area contributed by atoms with Crippen molar-refractivity contribution in [3.63, 3.8) is 0 Å². The summed E-state index contributed by atoms with van der Waals surface area (Å²) in [5.41, 5.74) is 2.20. The van der Waals surface area contributed by atoms with Crippen LogP contribution in [0.1, 0.15) is 19.5 Å². The topological polar surface area (TPSA) is 45.1 Å². The molecule has 0 aliphatic heterocycles. The van der Waals surface area contributed by atoms with Gasteiger partial charge < -0.3 is 10.4 Å². The van der Waals surface area contributed by atoms with Crippen molar-refractivity contribution >= 4 is 11.3 Å². The molecule has 4 heteroatoms. The van der Waals surface area contributed by atoms with Crippen molar-refractivity contribution in [2.24, 2.45) is 0 Å². The van der Waals surface area contributed by atoms with Gasteiger partial charge in [-0.25, -0.2) is 4.98 Å². The lowest BCUT2D eigenvalue weighted by Gasteiger charge is -2.16. The highest BCUT2D eigenvalue weighted by atomic mass is 32.1. The highest BCUT2D eigenvalue weighted by molar-refractivity contribution is 7.07. The Morgan fingerprint density at radius 2 is 2.42 bits per heavy atom. The fraction of sp³-hybridized carbons (Fsp3) is 0.625. The molecular formula is C8H14N2OS. The highest BCUT2D eigenvalue weighted by Gasteiger charge is 2.10. The van der Waals surface area contributed by atoms with Crippen molar-refractivity contribution < 1.29 is 5.11 Å². The second-order valence-corrected chi connectivity index (χ2v) is 4.11. The summed E-state index contributed by atoms with van der Waals surface area (Å²) in [6.45, 7) is 4.88. The summed E-state index contributed by atoms with van der Waals surface area (Å²) in [7, 11) is 0. The number of hydrogen-bond acceptors (Lipinski definition) is 4. The molecule has 1 aromatic heterocycles. The van der Waals surface area contributed by atoms with E-state index in [1.807, 2.05) is 5.38 Å². The van der Waals surface area contributed by atoms with Crippen molar-refractivity contribution in [3.8, 4) is 0 Å². The Balaban J connectivity index is 2.20. The van der Waals surface area contributed by atoms with Crippen molar-refractivity contribution in [1.82, 2.24) is 10.3 Å². The number of rotatable bonds is 4. The number of nitrogens with one attached hydrogen (secondary N) is 1. The molecule has 3 nitrogen and oxygen atoms in total. The SMILES string of the molecule is CC(C)(O)CNCc1cscn1. The van der Waals surface area contributed by atoms with Crippen LogP contribution in [0.3, 0.4) is 0 Å². The van der Waals surface area contributed by atoms with E-state index in [0.717, 1.165) is 12.2 Å². The summed E-state index contributed by atoms with van der Waals surface area (Å²) in [5.74, 6) is 0. The number of aliphatic hydroxyl groups is 1. The van der Waals surface area contributed by atoms with E-state index in [1.165, 1.54) is 0 Å². The molecule has 0 aromatic carbocycles. The van der Waals surface area contributed by atoms with Crippen LogP contribution in [0.4, 0.5) is 0 Å². The van der Waals surface area contributed by atoms with Gasteiger partial charge in [-0.1, -0.05) is 0 Å². The first-order valence-corrected chi connectivity index (χ1v) is 4.82. The first kappa shape index (κ1) is 9.64. The lowest BCUT2D eigenvalue weighted by atomic mass is 10.1. The van der Waals surface area contributed by atoms with Crippen molar-refractivity contribution in [2.75, 3.05) is 6.54 Å².